The second-order valence-corrected chi connectivity index (χ2v) is 6.84. The zero-order valence-electron chi connectivity index (χ0n) is 13.7. The van der Waals surface area contributed by atoms with Gasteiger partial charge in [-0.2, -0.15) is 0 Å². The van der Waals surface area contributed by atoms with Crippen LogP contribution in [0.2, 0.25) is 0 Å². The van der Waals surface area contributed by atoms with Gasteiger partial charge in [0.05, 0.1) is 11.8 Å². The second-order valence-electron chi connectivity index (χ2n) is 5.92. The summed E-state index contributed by atoms with van der Waals surface area (Å²) in [6.45, 7) is -0.257. The lowest BCUT2D eigenvalue weighted by atomic mass is 9.80. The smallest absolute Gasteiger partial charge is 0.211 e. The first-order valence-corrected chi connectivity index (χ1v) is 8.85. The third kappa shape index (κ3) is 4.08. The number of carbonyl (C=O) groups is 1. The van der Waals surface area contributed by atoms with Crippen LogP contribution in [-0.2, 0) is 0 Å². The summed E-state index contributed by atoms with van der Waals surface area (Å²) < 4.78 is 6.51. The van der Waals surface area contributed by atoms with Gasteiger partial charge in [0.1, 0.15) is 5.76 Å². The molecule has 1 heterocycles. The predicted molar refractivity (Wildman–Crippen MR) is 101 cm³/mol. The fourth-order valence-electron chi connectivity index (χ4n) is 3.16. The molecule has 0 spiro atoms. The summed E-state index contributed by atoms with van der Waals surface area (Å²) in [5.41, 5.74) is 1.72. The van der Waals surface area contributed by atoms with E-state index in [1.54, 1.807) is 12.1 Å². The number of benzene rings is 2. The van der Waals surface area contributed by atoms with Gasteiger partial charge in [0.15, 0.2) is 12.0 Å². The molecule has 3 rings (SSSR count). The van der Waals surface area contributed by atoms with Crippen molar-refractivity contribution in [1.82, 2.24) is 0 Å². The molecule has 132 valence electrons. The number of rotatable bonds is 7. The minimum atomic E-state index is -0.449. The van der Waals surface area contributed by atoms with Crippen molar-refractivity contribution in [3.63, 3.8) is 0 Å². The standard InChI is InChI=1S/C20H16BrNO4/c21-16-8-4-7-15(11-16)18(12-22(24)25)20(14-5-2-1-3-6-14)19-10-9-17(13-23)26-19/h1-11,13,18,20H,12H2/t18-,20+/m1/s1. The lowest BCUT2D eigenvalue weighted by Crippen LogP contribution is -2.21. The molecule has 0 fully saturated rings. The molecule has 3 aromatic rings. The number of nitro groups is 1. The van der Waals surface area contributed by atoms with Crippen LogP contribution < -0.4 is 0 Å². The van der Waals surface area contributed by atoms with E-state index in [1.807, 2.05) is 54.6 Å². The molecule has 1 aromatic heterocycles. The highest BCUT2D eigenvalue weighted by molar-refractivity contribution is 9.10. The molecule has 0 radical (unpaired) electrons. The zero-order valence-corrected chi connectivity index (χ0v) is 15.3. The number of furan rings is 1. The molecule has 0 amide bonds. The molecule has 0 saturated carbocycles. The van der Waals surface area contributed by atoms with Crippen LogP contribution in [0.25, 0.3) is 0 Å². The molecule has 0 saturated heterocycles. The Bertz CT molecular complexity index is 907. The zero-order chi connectivity index (χ0) is 18.5. The summed E-state index contributed by atoms with van der Waals surface area (Å²) in [5.74, 6) is -0.0969. The molecule has 0 unspecified atom stereocenters. The Hall–Kier alpha value is -2.73. The number of hydrogen-bond acceptors (Lipinski definition) is 4. The van der Waals surface area contributed by atoms with Crippen LogP contribution in [0.4, 0.5) is 0 Å². The molecular formula is C20H16BrNO4. The van der Waals surface area contributed by atoms with Gasteiger partial charge in [0.2, 0.25) is 6.54 Å². The van der Waals surface area contributed by atoms with Crippen molar-refractivity contribution in [3.05, 3.63) is 104 Å². The van der Waals surface area contributed by atoms with E-state index in [-0.39, 0.29) is 23.1 Å². The largest absolute Gasteiger partial charge is 0.458 e. The Kier molecular flexibility index (Phi) is 5.63. The molecule has 2 aromatic carbocycles. The number of nitrogens with zero attached hydrogens (tertiary/aromatic N) is 1. The average Bonchev–Trinajstić information content (AvgIpc) is 3.10. The molecule has 2 atom stereocenters. The second kappa shape index (κ2) is 8.10. The van der Waals surface area contributed by atoms with E-state index in [0.29, 0.717) is 12.0 Å². The Balaban J connectivity index is 2.15. The first kappa shape index (κ1) is 18.1. The Morgan fingerprint density at radius 3 is 2.38 bits per heavy atom. The molecule has 26 heavy (non-hydrogen) atoms. The third-order valence-electron chi connectivity index (χ3n) is 4.25. The van der Waals surface area contributed by atoms with Crippen LogP contribution in [0.5, 0.6) is 0 Å². The topological polar surface area (TPSA) is 73.3 Å². The molecule has 0 N–H and O–H groups in total. The molecule has 6 heteroatoms. The number of aldehydes is 1. The van der Waals surface area contributed by atoms with Gasteiger partial charge in [-0.25, -0.2) is 0 Å². The molecule has 0 aliphatic carbocycles. The lowest BCUT2D eigenvalue weighted by Gasteiger charge is -2.24. The normalized spacial score (nSPS) is 13.1. The fourth-order valence-corrected chi connectivity index (χ4v) is 3.57. The van der Waals surface area contributed by atoms with E-state index in [9.17, 15) is 14.9 Å². The van der Waals surface area contributed by atoms with Gasteiger partial charge in [-0.3, -0.25) is 14.9 Å². The van der Waals surface area contributed by atoms with E-state index in [2.05, 4.69) is 15.9 Å². The predicted octanol–water partition coefficient (Wildman–Crippen LogP) is 5.05. The Labute approximate surface area is 158 Å². The van der Waals surface area contributed by atoms with Crippen molar-refractivity contribution >= 4 is 22.2 Å². The fraction of sp³-hybridized carbons (Fsp3) is 0.150. The van der Waals surface area contributed by atoms with Gasteiger partial charge in [-0.05, 0) is 35.4 Å². The monoisotopic (exact) mass is 413 g/mol. The van der Waals surface area contributed by atoms with Crippen LogP contribution in [0.15, 0.2) is 75.6 Å². The van der Waals surface area contributed by atoms with Crippen molar-refractivity contribution in [2.75, 3.05) is 6.54 Å². The van der Waals surface area contributed by atoms with Gasteiger partial charge < -0.3 is 4.42 Å². The van der Waals surface area contributed by atoms with Crippen LogP contribution >= 0.6 is 15.9 Å². The van der Waals surface area contributed by atoms with Gasteiger partial charge >= 0.3 is 0 Å². The average molecular weight is 414 g/mol. The molecular weight excluding hydrogens is 398 g/mol. The summed E-state index contributed by atoms with van der Waals surface area (Å²) in [4.78, 5) is 22.1. The van der Waals surface area contributed by atoms with Gasteiger partial charge in [-0.15, -0.1) is 0 Å². The first-order chi connectivity index (χ1) is 12.6. The Morgan fingerprint density at radius 2 is 1.77 bits per heavy atom. The third-order valence-corrected chi connectivity index (χ3v) is 4.75. The van der Waals surface area contributed by atoms with E-state index in [4.69, 9.17) is 4.42 Å². The van der Waals surface area contributed by atoms with Crippen molar-refractivity contribution in [2.45, 2.75) is 11.8 Å². The SMILES string of the molecule is O=Cc1ccc([C@@H](c2ccccc2)[C@H](C[N+](=O)[O-])c2cccc(Br)c2)o1. The molecule has 0 aliphatic rings. The molecule has 0 aliphatic heterocycles. The number of halogens is 1. The first-order valence-electron chi connectivity index (χ1n) is 8.05. The highest BCUT2D eigenvalue weighted by Crippen LogP contribution is 2.40. The highest BCUT2D eigenvalue weighted by atomic mass is 79.9. The number of carbonyl (C=O) groups excluding carboxylic acids is 1. The van der Waals surface area contributed by atoms with E-state index >= 15 is 0 Å². The van der Waals surface area contributed by atoms with Crippen molar-refractivity contribution in [1.29, 1.82) is 0 Å². The van der Waals surface area contributed by atoms with Gasteiger partial charge in [0, 0.05) is 9.40 Å². The van der Waals surface area contributed by atoms with Crippen LogP contribution in [0.3, 0.4) is 0 Å². The maximum absolute atomic E-state index is 11.4. The molecule has 0 bridgehead atoms. The van der Waals surface area contributed by atoms with Gasteiger partial charge in [0.25, 0.3) is 0 Å². The summed E-state index contributed by atoms with van der Waals surface area (Å²) in [6, 6.07) is 20.3. The summed E-state index contributed by atoms with van der Waals surface area (Å²) in [6.07, 6.45) is 0.632. The van der Waals surface area contributed by atoms with Crippen molar-refractivity contribution < 1.29 is 14.1 Å². The van der Waals surface area contributed by atoms with Gasteiger partial charge in [-0.1, -0.05) is 58.4 Å². The maximum Gasteiger partial charge on any atom is 0.211 e. The van der Waals surface area contributed by atoms with Crippen molar-refractivity contribution in [3.8, 4) is 0 Å². The molecule has 5 nitrogen and oxygen atoms in total. The minimum absolute atomic E-state index is 0.204. The summed E-state index contributed by atoms with van der Waals surface area (Å²) in [7, 11) is 0. The highest BCUT2D eigenvalue weighted by Gasteiger charge is 2.33. The minimum Gasteiger partial charge on any atom is -0.458 e. The van der Waals surface area contributed by atoms with Crippen molar-refractivity contribution in [2.24, 2.45) is 0 Å². The maximum atomic E-state index is 11.4. The number of hydrogen-bond donors (Lipinski definition) is 0. The summed E-state index contributed by atoms with van der Waals surface area (Å²) in [5, 5.41) is 11.4. The lowest BCUT2D eigenvalue weighted by molar-refractivity contribution is -0.483. The Morgan fingerprint density at radius 1 is 1.04 bits per heavy atom. The summed E-state index contributed by atoms with van der Waals surface area (Å²) >= 11 is 3.43. The van der Waals surface area contributed by atoms with Crippen LogP contribution in [-0.4, -0.2) is 17.8 Å². The van der Waals surface area contributed by atoms with Crippen LogP contribution in [0, 0.1) is 10.1 Å². The van der Waals surface area contributed by atoms with E-state index < -0.39 is 5.92 Å². The van der Waals surface area contributed by atoms with Crippen LogP contribution in [0.1, 0.15) is 39.3 Å². The van der Waals surface area contributed by atoms with E-state index in [1.165, 1.54) is 0 Å². The van der Waals surface area contributed by atoms with E-state index in [0.717, 1.165) is 15.6 Å². The quantitative estimate of drug-likeness (QED) is 0.308.